The predicted molar refractivity (Wildman–Crippen MR) is 74.6 cm³/mol. The molecule has 0 aromatic heterocycles. The largest absolute Gasteiger partial charge is 0.375 e. The SMILES string of the molecule is CC1CN(C(=O)CCC(N)c2ccccc2)CCO1. The Morgan fingerprint density at radius 1 is 1.47 bits per heavy atom. The summed E-state index contributed by atoms with van der Waals surface area (Å²) in [5.41, 5.74) is 7.19. The number of nitrogens with zero attached hydrogens (tertiary/aromatic N) is 1. The van der Waals surface area contributed by atoms with Gasteiger partial charge in [0, 0.05) is 25.6 Å². The molecule has 0 aliphatic carbocycles. The number of amides is 1. The van der Waals surface area contributed by atoms with Gasteiger partial charge in [-0.05, 0) is 18.9 Å². The number of rotatable bonds is 4. The number of carbonyl (C=O) groups excluding carboxylic acids is 1. The van der Waals surface area contributed by atoms with E-state index in [9.17, 15) is 4.79 Å². The first-order chi connectivity index (χ1) is 9.16. The van der Waals surface area contributed by atoms with Gasteiger partial charge in [-0.25, -0.2) is 0 Å². The molecule has 4 heteroatoms. The average Bonchev–Trinajstić information content (AvgIpc) is 2.45. The first kappa shape index (κ1) is 14.0. The number of morpholine rings is 1. The van der Waals surface area contributed by atoms with E-state index in [1.54, 1.807) is 0 Å². The highest BCUT2D eigenvalue weighted by Gasteiger charge is 2.21. The van der Waals surface area contributed by atoms with Gasteiger partial charge in [0.25, 0.3) is 0 Å². The lowest BCUT2D eigenvalue weighted by molar-refractivity contribution is -0.138. The second kappa shape index (κ2) is 6.68. The Labute approximate surface area is 114 Å². The van der Waals surface area contributed by atoms with Gasteiger partial charge in [0.15, 0.2) is 0 Å². The van der Waals surface area contributed by atoms with E-state index in [4.69, 9.17) is 10.5 Å². The van der Waals surface area contributed by atoms with Gasteiger partial charge < -0.3 is 15.4 Å². The van der Waals surface area contributed by atoms with Gasteiger partial charge in [-0.15, -0.1) is 0 Å². The Hall–Kier alpha value is -1.39. The molecule has 0 spiro atoms. The second-order valence-corrected chi connectivity index (χ2v) is 5.08. The monoisotopic (exact) mass is 262 g/mol. The Morgan fingerprint density at radius 2 is 2.21 bits per heavy atom. The van der Waals surface area contributed by atoms with Crippen molar-refractivity contribution in [1.29, 1.82) is 0 Å². The maximum Gasteiger partial charge on any atom is 0.222 e. The highest BCUT2D eigenvalue weighted by atomic mass is 16.5. The molecular weight excluding hydrogens is 240 g/mol. The summed E-state index contributed by atoms with van der Waals surface area (Å²) in [4.78, 5) is 14.0. The van der Waals surface area contributed by atoms with E-state index >= 15 is 0 Å². The molecule has 1 aromatic carbocycles. The van der Waals surface area contributed by atoms with Crippen molar-refractivity contribution in [2.75, 3.05) is 19.7 Å². The van der Waals surface area contributed by atoms with Crippen LogP contribution in [0.1, 0.15) is 31.4 Å². The fourth-order valence-electron chi connectivity index (χ4n) is 2.35. The third kappa shape index (κ3) is 4.04. The smallest absolute Gasteiger partial charge is 0.222 e. The van der Waals surface area contributed by atoms with E-state index < -0.39 is 0 Å². The molecule has 0 radical (unpaired) electrons. The van der Waals surface area contributed by atoms with Crippen LogP contribution in [0.4, 0.5) is 0 Å². The van der Waals surface area contributed by atoms with Crippen molar-refractivity contribution in [2.24, 2.45) is 5.73 Å². The Morgan fingerprint density at radius 3 is 2.89 bits per heavy atom. The quantitative estimate of drug-likeness (QED) is 0.898. The molecule has 2 N–H and O–H groups in total. The standard InChI is InChI=1S/C15H22N2O2/c1-12-11-17(9-10-19-12)15(18)8-7-14(16)13-5-3-2-4-6-13/h2-6,12,14H,7-11,16H2,1H3. The van der Waals surface area contributed by atoms with E-state index in [0.717, 1.165) is 5.56 Å². The van der Waals surface area contributed by atoms with Crippen molar-refractivity contribution < 1.29 is 9.53 Å². The molecule has 1 saturated heterocycles. The molecule has 2 atom stereocenters. The van der Waals surface area contributed by atoms with Crippen LogP contribution in [0.5, 0.6) is 0 Å². The highest BCUT2D eigenvalue weighted by molar-refractivity contribution is 5.76. The van der Waals surface area contributed by atoms with Crippen molar-refractivity contribution in [2.45, 2.75) is 31.9 Å². The molecule has 1 heterocycles. The van der Waals surface area contributed by atoms with Crippen LogP contribution in [0.3, 0.4) is 0 Å². The van der Waals surface area contributed by atoms with E-state index in [-0.39, 0.29) is 18.1 Å². The van der Waals surface area contributed by atoms with Crippen LogP contribution in [0.2, 0.25) is 0 Å². The molecule has 1 aliphatic heterocycles. The van der Waals surface area contributed by atoms with Gasteiger partial charge in [0.1, 0.15) is 0 Å². The van der Waals surface area contributed by atoms with E-state index in [2.05, 4.69) is 0 Å². The first-order valence-electron chi connectivity index (χ1n) is 6.86. The van der Waals surface area contributed by atoms with Crippen LogP contribution >= 0.6 is 0 Å². The Bertz CT molecular complexity index is 408. The Balaban J connectivity index is 1.80. The number of ether oxygens (including phenoxy) is 1. The van der Waals surface area contributed by atoms with Crippen LogP contribution in [-0.2, 0) is 9.53 Å². The maximum absolute atomic E-state index is 12.1. The van der Waals surface area contributed by atoms with Gasteiger partial charge in [-0.3, -0.25) is 4.79 Å². The summed E-state index contributed by atoms with van der Waals surface area (Å²) in [6, 6.07) is 9.86. The predicted octanol–water partition coefficient (Wildman–Crippen LogP) is 1.71. The minimum atomic E-state index is -0.0661. The van der Waals surface area contributed by atoms with Gasteiger partial charge in [0.2, 0.25) is 5.91 Å². The topological polar surface area (TPSA) is 55.6 Å². The number of hydrogen-bond donors (Lipinski definition) is 1. The third-order valence-electron chi connectivity index (χ3n) is 3.49. The van der Waals surface area contributed by atoms with Crippen LogP contribution < -0.4 is 5.73 Å². The maximum atomic E-state index is 12.1. The summed E-state index contributed by atoms with van der Waals surface area (Å²) in [5, 5.41) is 0. The molecule has 1 fully saturated rings. The lowest BCUT2D eigenvalue weighted by atomic mass is 10.0. The first-order valence-corrected chi connectivity index (χ1v) is 6.86. The van der Waals surface area contributed by atoms with Gasteiger partial charge in [-0.2, -0.15) is 0 Å². The number of nitrogens with two attached hydrogens (primary N) is 1. The van der Waals surface area contributed by atoms with Gasteiger partial charge in [0.05, 0.1) is 12.7 Å². The lowest BCUT2D eigenvalue weighted by Crippen LogP contribution is -2.44. The lowest BCUT2D eigenvalue weighted by Gasteiger charge is -2.31. The second-order valence-electron chi connectivity index (χ2n) is 5.08. The normalized spacial score (nSPS) is 21.2. The van der Waals surface area contributed by atoms with Crippen LogP contribution in [0.15, 0.2) is 30.3 Å². The molecule has 0 bridgehead atoms. The minimum Gasteiger partial charge on any atom is -0.375 e. The molecular formula is C15H22N2O2. The molecule has 104 valence electrons. The number of carbonyl (C=O) groups is 1. The molecule has 19 heavy (non-hydrogen) atoms. The average molecular weight is 262 g/mol. The fourth-order valence-corrected chi connectivity index (χ4v) is 2.35. The van der Waals surface area contributed by atoms with Crippen molar-refractivity contribution in [1.82, 2.24) is 4.90 Å². The zero-order valence-corrected chi connectivity index (χ0v) is 11.4. The number of hydrogen-bond acceptors (Lipinski definition) is 3. The van der Waals surface area contributed by atoms with E-state index in [0.29, 0.717) is 32.5 Å². The zero-order chi connectivity index (χ0) is 13.7. The minimum absolute atomic E-state index is 0.0661. The van der Waals surface area contributed by atoms with Crippen LogP contribution in [-0.4, -0.2) is 36.6 Å². The zero-order valence-electron chi connectivity index (χ0n) is 11.4. The van der Waals surface area contributed by atoms with Crippen LogP contribution in [0, 0.1) is 0 Å². The highest BCUT2D eigenvalue weighted by Crippen LogP contribution is 2.16. The molecule has 4 nitrogen and oxygen atoms in total. The summed E-state index contributed by atoms with van der Waals surface area (Å²) < 4.78 is 5.43. The third-order valence-corrected chi connectivity index (χ3v) is 3.49. The molecule has 2 unspecified atom stereocenters. The van der Waals surface area contributed by atoms with Gasteiger partial charge >= 0.3 is 0 Å². The summed E-state index contributed by atoms with van der Waals surface area (Å²) in [7, 11) is 0. The van der Waals surface area contributed by atoms with Crippen molar-refractivity contribution in [3.63, 3.8) is 0 Å². The number of benzene rings is 1. The van der Waals surface area contributed by atoms with Crippen molar-refractivity contribution >= 4 is 5.91 Å². The van der Waals surface area contributed by atoms with E-state index in [1.807, 2.05) is 42.2 Å². The van der Waals surface area contributed by atoms with Crippen LogP contribution in [0.25, 0.3) is 0 Å². The molecule has 1 aromatic rings. The molecule has 1 aliphatic rings. The van der Waals surface area contributed by atoms with Crippen molar-refractivity contribution in [3.8, 4) is 0 Å². The summed E-state index contributed by atoms with van der Waals surface area (Å²) in [6.45, 7) is 4.02. The van der Waals surface area contributed by atoms with Crippen molar-refractivity contribution in [3.05, 3.63) is 35.9 Å². The summed E-state index contributed by atoms with van der Waals surface area (Å²) in [6.07, 6.45) is 1.33. The Kier molecular flexibility index (Phi) is 4.93. The fraction of sp³-hybridized carbons (Fsp3) is 0.533. The molecule has 0 saturated carbocycles. The van der Waals surface area contributed by atoms with Gasteiger partial charge in [-0.1, -0.05) is 30.3 Å². The molecule has 1 amide bonds. The summed E-state index contributed by atoms with van der Waals surface area (Å²) >= 11 is 0. The molecule has 2 rings (SSSR count). The van der Waals surface area contributed by atoms with E-state index in [1.165, 1.54) is 0 Å². The summed E-state index contributed by atoms with van der Waals surface area (Å²) in [5.74, 6) is 0.182.